The first-order valence-electron chi connectivity index (χ1n) is 7.01. The largest absolute Gasteiger partial charge is 0.299 e. The van der Waals surface area contributed by atoms with Gasteiger partial charge in [0, 0.05) is 11.8 Å². The van der Waals surface area contributed by atoms with Crippen LogP contribution < -0.4 is 0 Å². The lowest BCUT2D eigenvalue weighted by Gasteiger charge is -2.64. The van der Waals surface area contributed by atoms with Gasteiger partial charge in [0.2, 0.25) is 0 Å². The molecule has 0 unspecified atom stereocenters. The Morgan fingerprint density at radius 3 is 2.38 bits per heavy atom. The lowest BCUT2D eigenvalue weighted by molar-refractivity contribution is -0.183. The van der Waals surface area contributed by atoms with Crippen LogP contribution in [0, 0.1) is 28.6 Å². The van der Waals surface area contributed by atoms with E-state index in [2.05, 4.69) is 20.8 Å². The normalized spacial score (nSPS) is 47.2. The van der Waals surface area contributed by atoms with Gasteiger partial charge >= 0.3 is 0 Å². The fourth-order valence-electron chi connectivity index (χ4n) is 5.41. The molecule has 3 aliphatic rings. The molecule has 3 rings (SSSR count). The number of ketones is 1. The Morgan fingerprint density at radius 2 is 1.75 bits per heavy atom. The van der Waals surface area contributed by atoms with Crippen molar-refractivity contribution in [2.75, 3.05) is 0 Å². The Bertz CT molecular complexity index is 325. The van der Waals surface area contributed by atoms with Crippen molar-refractivity contribution in [1.29, 1.82) is 0 Å². The minimum Gasteiger partial charge on any atom is -0.299 e. The second-order valence-electron chi connectivity index (χ2n) is 7.35. The molecule has 0 radical (unpaired) electrons. The summed E-state index contributed by atoms with van der Waals surface area (Å²) in [5.41, 5.74) is 0.580. The van der Waals surface area contributed by atoms with Crippen molar-refractivity contribution in [3.8, 4) is 0 Å². The van der Waals surface area contributed by atoms with E-state index in [0.29, 0.717) is 11.2 Å². The third kappa shape index (κ3) is 1.10. The Balaban J connectivity index is 1.96. The molecule has 3 aliphatic carbocycles. The van der Waals surface area contributed by atoms with Crippen molar-refractivity contribution >= 4 is 5.78 Å². The molecule has 0 N–H and O–H groups in total. The van der Waals surface area contributed by atoms with E-state index in [-0.39, 0.29) is 5.41 Å². The van der Waals surface area contributed by atoms with Crippen LogP contribution in [-0.4, -0.2) is 5.78 Å². The van der Waals surface area contributed by atoms with E-state index in [1.807, 2.05) is 0 Å². The van der Waals surface area contributed by atoms with E-state index in [0.717, 1.165) is 30.6 Å². The topological polar surface area (TPSA) is 17.1 Å². The van der Waals surface area contributed by atoms with Crippen molar-refractivity contribution in [3.05, 3.63) is 0 Å². The summed E-state index contributed by atoms with van der Waals surface area (Å²) < 4.78 is 0. The molecule has 1 nitrogen and oxygen atoms in total. The summed E-state index contributed by atoms with van der Waals surface area (Å²) in [7, 11) is 0. The van der Waals surface area contributed by atoms with E-state index in [1.54, 1.807) is 0 Å². The molecule has 0 amide bonds. The van der Waals surface area contributed by atoms with Gasteiger partial charge in [0.05, 0.1) is 0 Å². The maximum atomic E-state index is 12.3. The zero-order chi connectivity index (χ0) is 11.6. The molecule has 3 saturated carbocycles. The second kappa shape index (κ2) is 3.11. The summed E-state index contributed by atoms with van der Waals surface area (Å²) in [5.74, 6) is 2.93. The van der Waals surface area contributed by atoms with E-state index in [4.69, 9.17) is 0 Å². The first-order valence-corrected chi connectivity index (χ1v) is 7.01. The lowest BCUT2D eigenvalue weighted by Crippen LogP contribution is -2.63. The van der Waals surface area contributed by atoms with E-state index >= 15 is 0 Å². The van der Waals surface area contributed by atoms with Crippen LogP contribution in [0.3, 0.4) is 0 Å². The number of hydrogen-bond acceptors (Lipinski definition) is 1. The van der Waals surface area contributed by atoms with E-state index in [1.165, 1.54) is 25.7 Å². The summed E-state index contributed by atoms with van der Waals surface area (Å²) in [4.78, 5) is 12.3. The van der Waals surface area contributed by atoms with Gasteiger partial charge in [-0.25, -0.2) is 0 Å². The first kappa shape index (κ1) is 10.8. The lowest BCUT2D eigenvalue weighted by atomic mass is 9.39. The van der Waals surface area contributed by atoms with Crippen molar-refractivity contribution in [2.45, 2.75) is 59.3 Å². The van der Waals surface area contributed by atoms with Crippen molar-refractivity contribution in [3.63, 3.8) is 0 Å². The number of hydrogen-bond donors (Lipinski definition) is 0. The van der Waals surface area contributed by atoms with Crippen molar-refractivity contribution < 1.29 is 4.79 Å². The van der Waals surface area contributed by atoms with E-state index in [9.17, 15) is 4.79 Å². The Labute approximate surface area is 99.0 Å². The predicted octanol–water partition coefficient (Wildman–Crippen LogP) is 3.82. The van der Waals surface area contributed by atoms with Crippen LogP contribution in [0.5, 0.6) is 0 Å². The molecular weight excluding hydrogens is 196 g/mol. The molecule has 1 spiro atoms. The number of carbonyl (C=O) groups excluding carboxylic acids is 1. The predicted molar refractivity (Wildman–Crippen MR) is 65.1 cm³/mol. The van der Waals surface area contributed by atoms with Gasteiger partial charge in [0.25, 0.3) is 0 Å². The van der Waals surface area contributed by atoms with Gasteiger partial charge < -0.3 is 0 Å². The van der Waals surface area contributed by atoms with Crippen LogP contribution in [0.15, 0.2) is 0 Å². The molecule has 0 heterocycles. The third-order valence-corrected chi connectivity index (χ3v) is 5.73. The average Bonchev–Trinajstić information content (AvgIpc) is 2.46. The summed E-state index contributed by atoms with van der Waals surface area (Å²) in [6.07, 6.45) is 7.20. The molecule has 0 saturated heterocycles. The number of rotatable bonds is 0. The Kier molecular flexibility index (Phi) is 2.10. The standard InChI is InChI=1S/C15H24O/c1-14(2,3)13-10-6-4-8-12(16)15(10)9-5-7-11(13)15/h10-11,13H,4-9H2,1-3H3/t10-,11-,13+,15-/m0/s1. The first-order chi connectivity index (χ1) is 7.48. The maximum absolute atomic E-state index is 12.3. The molecule has 0 aromatic rings. The summed E-state index contributed by atoms with van der Waals surface area (Å²) in [5, 5.41) is 0. The molecule has 16 heavy (non-hydrogen) atoms. The Morgan fingerprint density at radius 1 is 1.12 bits per heavy atom. The van der Waals surface area contributed by atoms with Gasteiger partial charge in [-0.3, -0.25) is 4.79 Å². The van der Waals surface area contributed by atoms with Crippen LogP contribution >= 0.6 is 0 Å². The fraction of sp³-hybridized carbons (Fsp3) is 0.933. The molecule has 3 fully saturated rings. The summed E-state index contributed by atoms with van der Waals surface area (Å²) in [6, 6.07) is 0. The van der Waals surface area contributed by atoms with Crippen molar-refractivity contribution in [2.24, 2.45) is 28.6 Å². The molecule has 4 atom stereocenters. The highest BCUT2D eigenvalue weighted by Crippen LogP contribution is 2.71. The van der Waals surface area contributed by atoms with Gasteiger partial charge in [-0.1, -0.05) is 27.2 Å². The fourth-order valence-corrected chi connectivity index (χ4v) is 5.41. The van der Waals surface area contributed by atoms with Gasteiger partial charge in [0.1, 0.15) is 5.78 Å². The quantitative estimate of drug-likeness (QED) is 0.606. The zero-order valence-corrected chi connectivity index (χ0v) is 10.9. The van der Waals surface area contributed by atoms with Crippen LogP contribution in [-0.2, 0) is 4.79 Å². The summed E-state index contributed by atoms with van der Waals surface area (Å²) in [6.45, 7) is 7.12. The average molecular weight is 220 g/mol. The van der Waals surface area contributed by atoms with Crippen LogP contribution in [0.4, 0.5) is 0 Å². The van der Waals surface area contributed by atoms with Crippen LogP contribution in [0.2, 0.25) is 0 Å². The molecule has 0 aliphatic heterocycles. The second-order valence-corrected chi connectivity index (χ2v) is 7.35. The van der Waals surface area contributed by atoms with Gasteiger partial charge in [-0.15, -0.1) is 0 Å². The monoisotopic (exact) mass is 220 g/mol. The van der Waals surface area contributed by atoms with E-state index < -0.39 is 0 Å². The van der Waals surface area contributed by atoms with Gasteiger partial charge in [-0.2, -0.15) is 0 Å². The van der Waals surface area contributed by atoms with Crippen molar-refractivity contribution in [1.82, 2.24) is 0 Å². The molecule has 0 aromatic heterocycles. The Hall–Kier alpha value is -0.330. The van der Waals surface area contributed by atoms with Crippen LogP contribution in [0.1, 0.15) is 59.3 Å². The highest BCUT2D eigenvalue weighted by molar-refractivity contribution is 5.88. The number of Topliss-reactive ketones (excluding diaryl/α,β-unsaturated/α-hetero) is 1. The minimum atomic E-state index is 0.177. The zero-order valence-electron chi connectivity index (χ0n) is 10.9. The SMILES string of the molecule is CC(C)(C)[C@@H]1[C@@H]2CCCC(=O)[C@@]23CCC[C@@H]13. The highest BCUT2D eigenvalue weighted by Gasteiger charge is 2.69. The maximum Gasteiger partial charge on any atom is 0.139 e. The molecule has 0 bridgehead atoms. The van der Waals surface area contributed by atoms with Crippen LogP contribution in [0.25, 0.3) is 0 Å². The third-order valence-electron chi connectivity index (χ3n) is 5.73. The molecule has 0 aromatic carbocycles. The smallest absolute Gasteiger partial charge is 0.139 e. The number of carbonyl (C=O) groups is 1. The highest BCUT2D eigenvalue weighted by atomic mass is 16.1. The minimum absolute atomic E-state index is 0.177. The van der Waals surface area contributed by atoms with Gasteiger partial charge in [0.15, 0.2) is 0 Å². The van der Waals surface area contributed by atoms with Gasteiger partial charge in [-0.05, 0) is 48.9 Å². The molecular formula is C15H24O. The molecule has 90 valence electrons. The molecule has 1 heteroatoms. The summed E-state index contributed by atoms with van der Waals surface area (Å²) >= 11 is 0.